The first-order chi connectivity index (χ1) is 12.9. The highest BCUT2D eigenvalue weighted by Gasteiger charge is 2.15. The lowest BCUT2D eigenvalue weighted by Crippen LogP contribution is -2.10. The molecule has 0 heteroatoms. The van der Waals surface area contributed by atoms with E-state index < -0.39 is 0 Å². The third-order valence-electron chi connectivity index (χ3n) is 5.52. The molecule has 0 nitrogen and oxygen atoms in total. The largest absolute Gasteiger partial charge is 0.0683 e. The van der Waals surface area contributed by atoms with Gasteiger partial charge in [0.15, 0.2) is 0 Å². The van der Waals surface area contributed by atoms with Crippen molar-refractivity contribution in [2.45, 2.75) is 119 Å². The van der Waals surface area contributed by atoms with Crippen LogP contribution in [0.5, 0.6) is 0 Å². The first-order valence-electron chi connectivity index (χ1n) is 12.0. The van der Waals surface area contributed by atoms with Crippen molar-refractivity contribution in [2.75, 3.05) is 0 Å². The van der Waals surface area contributed by atoms with E-state index in [9.17, 15) is 0 Å². The summed E-state index contributed by atoms with van der Waals surface area (Å²) < 4.78 is 0. The average Bonchev–Trinajstić information content (AvgIpc) is 2.75. The van der Waals surface area contributed by atoms with Gasteiger partial charge in [-0.3, -0.25) is 0 Å². The van der Waals surface area contributed by atoms with E-state index in [1.165, 1.54) is 77.0 Å². The van der Waals surface area contributed by atoms with Crippen LogP contribution in [0.2, 0.25) is 0 Å². The van der Waals surface area contributed by atoms with Crippen molar-refractivity contribution in [3.63, 3.8) is 0 Å². The Labute approximate surface area is 166 Å². The molecule has 2 aliphatic carbocycles. The molecule has 0 bridgehead atoms. The maximum Gasteiger partial charge on any atom is -0.0250 e. The molecular formula is C26H48. The Morgan fingerprint density at radius 3 is 1.04 bits per heavy atom. The van der Waals surface area contributed by atoms with Crippen LogP contribution in [0.1, 0.15) is 117 Å². The maximum absolute atomic E-state index is 2.41. The van der Waals surface area contributed by atoms with Crippen LogP contribution in [-0.4, -0.2) is 0 Å². The zero-order chi connectivity index (χ0) is 19.6. The molecule has 3 rings (SSSR count). The summed E-state index contributed by atoms with van der Waals surface area (Å²) >= 11 is 0. The monoisotopic (exact) mass is 360 g/mol. The van der Waals surface area contributed by atoms with Crippen LogP contribution in [0, 0.1) is 11.8 Å². The quantitative estimate of drug-likeness (QED) is 0.502. The molecule has 2 aliphatic rings. The summed E-state index contributed by atoms with van der Waals surface area (Å²) in [5.41, 5.74) is 3.15. The van der Waals surface area contributed by atoms with Gasteiger partial charge in [-0.25, -0.2) is 0 Å². The molecule has 1 aromatic rings. The van der Waals surface area contributed by atoms with Gasteiger partial charge in [-0.15, -0.1) is 0 Å². The van der Waals surface area contributed by atoms with Gasteiger partial charge in [-0.2, -0.15) is 0 Å². The fraction of sp³-hybridized carbons (Fsp3) is 0.769. The Balaban J connectivity index is 0.000000948. The molecule has 0 radical (unpaired) electrons. The van der Waals surface area contributed by atoms with Gasteiger partial charge in [0.05, 0.1) is 0 Å². The van der Waals surface area contributed by atoms with Crippen LogP contribution >= 0.6 is 0 Å². The molecule has 0 N–H and O–H groups in total. The fourth-order valence-electron chi connectivity index (χ4n) is 4.26. The van der Waals surface area contributed by atoms with Gasteiger partial charge < -0.3 is 0 Å². The topological polar surface area (TPSA) is 0 Å². The molecule has 0 saturated heterocycles. The number of hydrogen-bond acceptors (Lipinski definition) is 0. The van der Waals surface area contributed by atoms with Gasteiger partial charge in [-0.1, -0.05) is 130 Å². The molecule has 0 atom stereocenters. The van der Waals surface area contributed by atoms with Crippen molar-refractivity contribution in [1.29, 1.82) is 0 Å². The minimum absolute atomic E-state index is 0.966. The SMILES string of the molecule is CC.CC.CC.c1cc(CC2CCCCC2)ccc1CC1CCCCC1. The second kappa shape index (κ2) is 17.6. The predicted octanol–water partition coefficient (Wildman–Crippen LogP) is 9.01. The van der Waals surface area contributed by atoms with Crippen molar-refractivity contribution in [3.8, 4) is 0 Å². The van der Waals surface area contributed by atoms with E-state index in [1.54, 1.807) is 11.1 Å². The van der Waals surface area contributed by atoms with Crippen LogP contribution < -0.4 is 0 Å². The molecule has 0 aliphatic heterocycles. The van der Waals surface area contributed by atoms with Crippen molar-refractivity contribution in [3.05, 3.63) is 35.4 Å². The van der Waals surface area contributed by atoms with Crippen LogP contribution in [0.15, 0.2) is 24.3 Å². The number of benzene rings is 1. The summed E-state index contributed by atoms with van der Waals surface area (Å²) in [7, 11) is 0. The zero-order valence-electron chi connectivity index (χ0n) is 18.9. The van der Waals surface area contributed by atoms with Gasteiger partial charge in [0, 0.05) is 0 Å². The van der Waals surface area contributed by atoms with E-state index in [1.807, 2.05) is 41.5 Å². The summed E-state index contributed by atoms with van der Waals surface area (Å²) in [6.45, 7) is 12.0. The number of hydrogen-bond donors (Lipinski definition) is 0. The molecule has 0 amide bonds. The van der Waals surface area contributed by atoms with E-state index >= 15 is 0 Å². The van der Waals surface area contributed by atoms with Gasteiger partial charge in [-0.05, 0) is 35.8 Å². The summed E-state index contributed by atoms with van der Waals surface area (Å²) in [5, 5.41) is 0. The second-order valence-corrected chi connectivity index (χ2v) is 7.23. The van der Waals surface area contributed by atoms with E-state index in [2.05, 4.69) is 24.3 Å². The van der Waals surface area contributed by atoms with Crippen LogP contribution in [0.3, 0.4) is 0 Å². The molecule has 1 aromatic carbocycles. The van der Waals surface area contributed by atoms with Crippen molar-refractivity contribution in [2.24, 2.45) is 11.8 Å². The summed E-state index contributed by atoms with van der Waals surface area (Å²) in [6.07, 6.45) is 17.3. The minimum atomic E-state index is 0.966. The van der Waals surface area contributed by atoms with Gasteiger partial charge in [0.25, 0.3) is 0 Å². The molecule has 0 spiro atoms. The smallest absolute Gasteiger partial charge is 0.0250 e. The van der Waals surface area contributed by atoms with E-state index in [0.29, 0.717) is 0 Å². The summed E-state index contributed by atoms with van der Waals surface area (Å²) in [5.74, 6) is 1.93. The predicted molar refractivity (Wildman–Crippen MR) is 121 cm³/mol. The zero-order valence-corrected chi connectivity index (χ0v) is 18.9. The van der Waals surface area contributed by atoms with Crippen molar-refractivity contribution < 1.29 is 0 Å². The molecule has 0 aromatic heterocycles. The van der Waals surface area contributed by atoms with Crippen LogP contribution in [-0.2, 0) is 12.8 Å². The Morgan fingerprint density at radius 2 is 0.769 bits per heavy atom. The molecule has 0 unspecified atom stereocenters. The van der Waals surface area contributed by atoms with Crippen molar-refractivity contribution in [1.82, 2.24) is 0 Å². The summed E-state index contributed by atoms with van der Waals surface area (Å²) in [6, 6.07) is 9.64. The van der Waals surface area contributed by atoms with Crippen molar-refractivity contribution >= 4 is 0 Å². The number of rotatable bonds is 4. The Morgan fingerprint density at radius 1 is 0.500 bits per heavy atom. The molecular weight excluding hydrogens is 312 g/mol. The molecule has 0 heterocycles. The Hall–Kier alpha value is -0.780. The first-order valence-corrected chi connectivity index (χ1v) is 12.0. The Kier molecular flexibility index (Phi) is 17.1. The van der Waals surface area contributed by atoms with E-state index in [-0.39, 0.29) is 0 Å². The first kappa shape index (κ1) is 25.2. The van der Waals surface area contributed by atoms with Gasteiger partial charge >= 0.3 is 0 Å². The van der Waals surface area contributed by atoms with Gasteiger partial charge in [0.2, 0.25) is 0 Å². The second-order valence-electron chi connectivity index (χ2n) is 7.23. The average molecular weight is 361 g/mol. The lowest BCUT2D eigenvalue weighted by molar-refractivity contribution is 0.355. The molecule has 152 valence electrons. The van der Waals surface area contributed by atoms with Crippen LogP contribution in [0.4, 0.5) is 0 Å². The summed E-state index contributed by atoms with van der Waals surface area (Å²) in [4.78, 5) is 0. The standard InChI is InChI=1S/C20H30.3C2H6/c1-3-7-17(8-4-1)15-19-11-13-20(14-12-19)16-18-9-5-2-6-10-18;3*1-2/h11-14,17-18H,1-10,15-16H2;3*1-2H3. The minimum Gasteiger partial charge on any atom is -0.0683 e. The third-order valence-corrected chi connectivity index (χ3v) is 5.52. The van der Waals surface area contributed by atoms with E-state index in [0.717, 1.165) is 11.8 Å². The highest BCUT2D eigenvalue weighted by atomic mass is 14.2. The lowest BCUT2D eigenvalue weighted by Gasteiger charge is -2.22. The van der Waals surface area contributed by atoms with Crippen LogP contribution in [0.25, 0.3) is 0 Å². The molecule has 26 heavy (non-hydrogen) atoms. The molecule has 2 saturated carbocycles. The molecule has 2 fully saturated rings. The fourth-order valence-corrected chi connectivity index (χ4v) is 4.26. The highest BCUT2D eigenvalue weighted by molar-refractivity contribution is 5.23. The Bertz CT molecular complexity index is 338. The van der Waals surface area contributed by atoms with Gasteiger partial charge in [0.1, 0.15) is 0 Å². The normalized spacial score (nSPS) is 17.6. The maximum atomic E-state index is 2.41. The highest BCUT2D eigenvalue weighted by Crippen LogP contribution is 2.28. The third kappa shape index (κ3) is 10.4. The lowest BCUT2D eigenvalue weighted by atomic mass is 9.83. The van der Waals surface area contributed by atoms with E-state index in [4.69, 9.17) is 0 Å².